The molecule has 2 aliphatic heterocycles. The number of fused-ring (bicyclic) bond motifs is 1. The van der Waals surface area contributed by atoms with Gasteiger partial charge in [0.1, 0.15) is 18.8 Å². The fraction of sp³-hybridized carbons (Fsp3) is 0.531. The number of methoxy groups -OCH3 is 2. The van der Waals surface area contributed by atoms with Gasteiger partial charge in [0.25, 0.3) is 0 Å². The number of hydrogen-bond donors (Lipinski definition) is 0. The summed E-state index contributed by atoms with van der Waals surface area (Å²) in [6, 6.07) is 16.3. The van der Waals surface area contributed by atoms with Crippen molar-refractivity contribution in [1.82, 2.24) is 4.90 Å². The van der Waals surface area contributed by atoms with Gasteiger partial charge in [-0.15, -0.1) is 13.2 Å². The summed E-state index contributed by atoms with van der Waals surface area (Å²) in [4.78, 5) is 31.5. The van der Waals surface area contributed by atoms with Crippen molar-refractivity contribution >= 4 is 18.5 Å². The van der Waals surface area contributed by atoms with Crippen molar-refractivity contribution in [3.63, 3.8) is 0 Å². The van der Waals surface area contributed by atoms with E-state index >= 15 is 0 Å². The molecule has 0 N–H and O–H groups in total. The topological polar surface area (TPSA) is 114 Å². The van der Waals surface area contributed by atoms with E-state index in [-0.39, 0.29) is 38.8 Å². The Kier molecular flexibility index (Phi) is 12.0. The highest BCUT2D eigenvalue weighted by molar-refractivity contribution is 5.77. The number of benzene rings is 2. The van der Waals surface area contributed by atoms with Gasteiger partial charge in [-0.05, 0) is 44.2 Å². The van der Waals surface area contributed by atoms with Crippen LogP contribution in [-0.2, 0) is 51.1 Å². The van der Waals surface area contributed by atoms with Gasteiger partial charge >= 0.3 is 18.4 Å². The van der Waals surface area contributed by atoms with Crippen LogP contribution in [0.4, 0.5) is 18.0 Å². The van der Waals surface area contributed by atoms with Gasteiger partial charge in [-0.1, -0.05) is 60.7 Å². The van der Waals surface area contributed by atoms with Crippen LogP contribution in [0.25, 0.3) is 0 Å². The fourth-order valence-electron chi connectivity index (χ4n) is 5.52. The van der Waals surface area contributed by atoms with Crippen LogP contribution in [0.5, 0.6) is 0 Å². The van der Waals surface area contributed by atoms with Crippen LogP contribution in [0.15, 0.2) is 65.7 Å². The molecule has 0 saturated carbocycles. The molecule has 4 rings (SSSR count). The Morgan fingerprint density at radius 1 is 0.978 bits per heavy atom. The molecule has 0 bridgehead atoms. The van der Waals surface area contributed by atoms with Crippen LogP contribution < -0.4 is 0 Å². The Morgan fingerprint density at radius 2 is 1.61 bits per heavy atom. The van der Waals surface area contributed by atoms with E-state index in [1.165, 1.54) is 12.0 Å². The molecule has 2 heterocycles. The van der Waals surface area contributed by atoms with Gasteiger partial charge in [-0.2, -0.15) is 0 Å². The van der Waals surface area contributed by atoms with Crippen LogP contribution in [-0.4, -0.2) is 86.4 Å². The molecular formula is C32H39F3N2O9. The van der Waals surface area contributed by atoms with Crippen molar-refractivity contribution in [2.24, 2.45) is 4.99 Å². The van der Waals surface area contributed by atoms with Crippen molar-refractivity contribution in [1.29, 1.82) is 0 Å². The van der Waals surface area contributed by atoms with Crippen molar-refractivity contribution < 1.29 is 55.9 Å². The number of ether oxygens (including phenoxy) is 7. The number of aliphatic imine (C=N–C) groups is 1. The van der Waals surface area contributed by atoms with E-state index in [1.54, 1.807) is 13.8 Å². The summed E-state index contributed by atoms with van der Waals surface area (Å²) in [5.74, 6) is -1.78. The lowest BCUT2D eigenvalue weighted by atomic mass is 9.96. The monoisotopic (exact) mass is 652 g/mol. The molecular weight excluding hydrogens is 613 g/mol. The third-order valence-corrected chi connectivity index (χ3v) is 7.59. The molecule has 2 aromatic rings. The fourth-order valence-corrected chi connectivity index (χ4v) is 5.52. The summed E-state index contributed by atoms with van der Waals surface area (Å²) < 4.78 is 75.9. The molecule has 2 fully saturated rings. The second-order valence-corrected chi connectivity index (χ2v) is 11.3. The van der Waals surface area contributed by atoms with Gasteiger partial charge in [0.05, 0.1) is 13.2 Å². The van der Waals surface area contributed by atoms with Gasteiger partial charge in [0.2, 0.25) is 0 Å². The first-order valence-corrected chi connectivity index (χ1v) is 14.8. The summed E-state index contributed by atoms with van der Waals surface area (Å²) in [5, 5.41) is 0. The van der Waals surface area contributed by atoms with E-state index in [0.29, 0.717) is 0 Å². The first-order chi connectivity index (χ1) is 21.9. The number of nitrogens with zero attached hydrogens (tertiary/aromatic N) is 2. The maximum Gasteiger partial charge on any atom is 0.573 e. The number of esters is 1. The van der Waals surface area contributed by atoms with Gasteiger partial charge in [0, 0.05) is 19.7 Å². The zero-order valence-electron chi connectivity index (χ0n) is 26.1. The standard InChI is InChI=1S/C32H39F3N2O9/c1-31(2)45-26-25(44-29(41-4)27(26)46-31)17-23(15-16-24(28(38)40-3)36-20-43-32(33,34)35)37(18-21-11-7-5-8-12-21)30(39)42-19-22-13-9-6-10-14-22/h5-14,20,23-27,29H,15-19H2,1-4H3/t23-,24-,25+,26?,27-,29+/m0/s1. The lowest BCUT2D eigenvalue weighted by molar-refractivity contribution is -0.280. The normalized spacial score (nSPS) is 23.5. The Morgan fingerprint density at radius 3 is 2.22 bits per heavy atom. The molecule has 1 amide bonds. The molecule has 0 aliphatic carbocycles. The lowest BCUT2D eigenvalue weighted by Crippen LogP contribution is -2.44. The first kappa shape index (κ1) is 35.1. The van der Waals surface area contributed by atoms with E-state index in [0.717, 1.165) is 18.2 Å². The number of amides is 1. The van der Waals surface area contributed by atoms with Gasteiger partial charge in [-0.3, -0.25) is 0 Å². The van der Waals surface area contributed by atoms with Gasteiger partial charge in [0.15, 0.2) is 24.5 Å². The summed E-state index contributed by atoms with van der Waals surface area (Å²) >= 11 is 0. The molecule has 2 aliphatic rings. The number of halogens is 3. The minimum Gasteiger partial charge on any atom is -0.467 e. The largest absolute Gasteiger partial charge is 0.573 e. The van der Waals surface area contributed by atoms with Crippen LogP contribution in [0.2, 0.25) is 0 Å². The van der Waals surface area contributed by atoms with Crippen molar-refractivity contribution in [2.45, 2.75) is 95.1 Å². The molecule has 6 atom stereocenters. The molecule has 2 aromatic carbocycles. The van der Waals surface area contributed by atoms with E-state index in [2.05, 4.69) is 9.73 Å². The Labute approximate surface area is 265 Å². The lowest BCUT2D eigenvalue weighted by Gasteiger charge is -2.34. The second-order valence-electron chi connectivity index (χ2n) is 11.3. The number of carbonyl (C=O) groups excluding carboxylic acids is 2. The molecule has 2 saturated heterocycles. The number of hydrogen-bond acceptors (Lipinski definition) is 10. The minimum absolute atomic E-state index is 0.00304. The second kappa shape index (κ2) is 15.7. The highest BCUT2D eigenvalue weighted by Crippen LogP contribution is 2.41. The highest BCUT2D eigenvalue weighted by atomic mass is 19.4. The van der Waals surface area contributed by atoms with Gasteiger partial charge < -0.3 is 38.1 Å². The molecule has 0 spiro atoms. The zero-order chi connectivity index (χ0) is 33.3. The molecule has 14 heteroatoms. The van der Waals surface area contributed by atoms with Crippen LogP contribution in [0.3, 0.4) is 0 Å². The number of alkyl halides is 3. The average molecular weight is 653 g/mol. The SMILES string of the molecule is COC(=O)[C@H](CC[C@@H](C[C@H]1O[C@@H](OC)[C@H]2OC(C)(C)OC12)N(Cc1ccccc1)C(=O)OCc1ccccc1)N=COC(F)(F)F. The van der Waals surface area contributed by atoms with Crippen LogP contribution >= 0.6 is 0 Å². The molecule has 46 heavy (non-hydrogen) atoms. The third kappa shape index (κ3) is 9.89. The quantitative estimate of drug-likeness (QED) is 0.151. The van der Waals surface area contributed by atoms with Crippen LogP contribution in [0, 0.1) is 0 Å². The highest BCUT2D eigenvalue weighted by Gasteiger charge is 2.56. The predicted octanol–water partition coefficient (Wildman–Crippen LogP) is 5.36. The van der Waals surface area contributed by atoms with E-state index in [4.69, 9.17) is 28.4 Å². The first-order valence-electron chi connectivity index (χ1n) is 14.8. The summed E-state index contributed by atoms with van der Waals surface area (Å²) in [7, 11) is 2.59. The minimum atomic E-state index is -4.98. The van der Waals surface area contributed by atoms with Crippen molar-refractivity contribution in [3.05, 3.63) is 71.8 Å². The van der Waals surface area contributed by atoms with E-state index in [1.807, 2.05) is 60.7 Å². The smallest absolute Gasteiger partial charge is 0.467 e. The Hall–Kier alpha value is -3.72. The van der Waals surface area contributed by atoms with Gasteiger partial charge in [-0.25, -0.2) is 14.6 Å². The molecule has 11 nitrogen and oxygen atoms in total. The predicted molar refractivity (Wildman–Crippen MR) is 157 cm³/mol. The summed E-state index contributed by atoms with van der Waals surface area (Å²) in [6.45, 7) is 3.68. The summed E-state index contributed by atoms with van der Waals surface area (Å²) in [5.41, 5.74) is 1.58. The zero-order valence-corrected chi connectivity index (χ0v) is 26.1. The van der Waals surface area contributed by atoms with Crippen molar-refractivity contribution in [2.75, 3.05) is 14.2 Å². The maximum atomic E-state index is 13.8. The molecule has 0 radical (unpaired) electrons. The number of rotatable bonds is 14. The van der Waals surface area contributed by atoms with Crippen LogP contribution in [0.1, 0.15) is 44.2 Å². The average Bonchev–Trinajstić information content (AvgIpc) is 3.52. The van der Waals surface area contributed by atoms with E-state index < -0.39 is 60.9 Å². The summed E-state index contributed by atoms with van der Waals surface area (Å²) in [6.07, 6.45) is -7.70. The molecule has 0 aromatic heterocycles. The van der Waals surface area contributed by atoms with Crippen molar-refractivity contribution in [3.8, 4) is 0 Å². The molecule has 252 valence electrons. The van der Waals surface area contributed by atoms with E-state index in [9.17, 15) is 22.8 Å². The Balaban J connectivity index is 1.63. The maximum absolute atomic E-state index is 13.8. The number of carbonyl (C=O) groups is 2. The third-order valence-electron chi connectivity index (χ3n) is 7.59. The molecule has 1 unspecified atom stereocenters. The Bertz CT molecular complexity index is 1300.